The smallest absolute Gasteiger partial charge is 0.318 e. The molecule has 9 nitrogen and oxygen atoms in total. The van der Waals surface area contributed by atoms with E-state index in [1.807, 2.05) is 0 Å². The molecular weight excluding hydrogens is 398 g/mol. The number of carbonyl (C=O) groups excluding carboxylic acids is 1. The fourth-order valence-corrected chi connectivity index (χ4v) is 3.56. The normalized spacial score (nSPS) is 10.8. The van der Waals surface area contributed by atoms with E-state index in [-0.39, 0.29) is 17.9 Å². The van der Waals surface area contributed by atoms with E-state index in [0.717, 1.165) is 0 Å². The summed E-state index contributed by atoms with van der Waals surface area (Å²) in [5.74, 6) is -0.404. The van der Waals surface area contributed by atoms with Gasteiger partial charge >= 0.3 is 12.0 Å². The van der Waals surface area contributed by atoms with Gasteiger partial charge < -0.3 is 20.5 Å². The lowest BCUT2D eigenvalue weighted by Crippen LogP contribution is -2.24. The first-order chi connectivity index (χ1) is 13.7. The van der Waals surface area contributed by atoms with Gasteiger partial charge in [-0.25, -0.2) is 13.2 Å². The quantitative estimate of drug-likeness (QED) is 0.460. The Bertz CT molecular complexity index is 991. The average molecular weight is 421 g/mol. The second-order valence-electron chi connectivity index (χ2n) is 6.16. The molecule has 0 aliphatic carbocycles. The van der Waals surface area contributed by atoms with E-state index < -0.39 is 22.0 Å². The highest BCUT2D eigenvalue weighted by molar-refractivity contribution is 7.92. The van der Waals surface area contributed by atoms with E-state index >= 15 is 0 Å². The van der Waals surface area contributed by atoms with Gasteiger partial charge in [-0.05, 0) is 55.3 Å². The molecule has 0 heterocycles. The van der Waals surface area contributed by atoms with Crippen LogP contribution in [0.4, 0.5) is 16.2 Å². The number of carbonyl (C=O) groups is 2. The number of carboxylic acid groups (broad SMARTS) is 1. The minimum Gasteiger partial charge on any atom is -0.493 e. The molecule has 0 aliphatic rings. The minimum absolute atomic E-state index is 0.00324. The third kappa shape index (κ3) is 6.68. The van der Waals surface area contributed by atoms with Gasteiger partial charge in [0.05, 0.1) is 17.2 Å². The number of urea groups is 1. The molecule has 0 bridgehead atoms. The number of aryl methyl sites for hydroxylation is 1. The van der Waals surface area contributed by atoms with Crippen molar-refractivity contribution in [3.05, 3.63) is 48.0 Å². The summed E-state index contributed by atoms with van der Waals surface area (Å²) in [5, 5.41) is 13.6. The van der Waals surface area contributed by atoms with Crippen molar-refractivity contribution in [1.82, 2.24) is 5.32 Å². The molecule has 0 fully saturated rings. The molecule has 29 heavy (non-hydrogen) atoms. The van der Waals surface area contributed by atoms with Crippen LogP contribution in [0.15, 0.2) is 47.4 Å². The van der Waals surface area contributed by atoms with Crippen molar-refractivity contribution in [2.45, 2.75) is 24.7 Å². The van der Waals surface area contributed by atoms with E-state index in [2.05, 4.69) is 15.4 Å². The number of hydrogen-bond acceptors (Lipinski definition) is 5. The lowest BCUT2D eigenvalue weighted by Gasteiger charge is -2.13. The monoisotopic (exact) mass is 421 g/mol. The van der Waals surface area contributed by atoms with Gasteiger partial charge in [-0.2, -0.15) is 0 Å². The van der Waals surface area contributed by atoms with Crippen molar-refractivity contribution in [2.24, 2.45) is 0 Å². The van der Waals surface area contributed by atoms with Crippen LogP contribution in [0.5, 0.6) is 5.75 Å². The number of benzene rings is 2. The first kappa shape index (κ1) is 22.0. The number of rotatable bonds is 9. The van der Waals surface area contributed by atoms with E-state index in [1.165, 1.54) is 31.3 Å². The van der Waals surface area contributed by atoms with Crippen molar-refractivity contribution < 1.29 is 27.9 Å². The second kappa shape index (κ2) is 9.78. The van der Waals surface area contributed by atoms with Crippen molar-refractivity contribution in [3.63, 3.8) is 0 Å². The van der Waals surface area contributed by atoms with Crippen LogP contribution in [-0.4, -0.2) is 39.2 Å². The summed E-state index contributed by atoms with van der Waals surface area (Å²) < 4.78 is 33.3. The molecule has 4 N–H and O–H groups in total. The molecule has 2 amide bonds. The van der Waals surface area contributed by atoms with E-state index in [1.54, 1.807) is 25.1 Å². The molecule has 0 unspecified atom stereocenters. The van der Waals surface area contributed by atoms with E-state index in [4.69, 9.17) is 9.84 Å². The Balaban J connectivity index is 2.09. The summed E-state index contributed by atoms with van der Waals surface area (Å²) in [7, 11) is -2.38. The van der Waals surface area contributed by atoms with Crippen LogP contribution >= 0.6 is 0 Å². The second-order valence-corrected chi connectivity index (χ2v) is 7.85. The fraction of sp³-hybridized carbons (Fsp3) is 0.263. The highest BCUT2D eigenvalue weighted by atomic mass is 32.2. The Kier molecular flexibility index (Phi) is 7.43. The zero-order valence-corrected chi connectivity index (χ0v) is 16.9. The Morgan fingerprint density at radius 2 is 1.83 bits per heavy atom. The van der Waals surface area contributed by atoms with Crippen LogP contribution in [0.1, 0.15) is 18.4 Å². The van der Waals surface area contributed by atoms with Crippen molar-refractivity contribution in [2.75, 3.05) is 23.7 Å². The highest BCUT2D eigenvalue weighted by Crippen LogP contribution is 2.24. The molecule has 0 aromatic heterocycles. The lowest BCUT2D eigenvalue weighted by molar-refractivity contribution is -0.137. The predicted molar refractivity (Wildman–Crippen MR) is 109 cm³/mol. The summed E-state index contributed by atoms with van der Waals surface area (Å²) in [6.07, 6.45) is 0.361. The molecule has 0 spiro atoms. The SMILES string of the molecule is CNC(=O)Nc1cccc(NS(=O)(=O)c2ccc(OCCCC(=O)O)c(C)c2)c1. The maximum atomic E-state index is 12.7. The van der Waals surface area contributed by atoms with Gasteiger partial charge in [-0.15, -0.1) is 0 Å². The third-order valence-corrected chi connectivity index (χ3v) is 5.23. The van der Waals surface area contributed by atoms with Crippen molar-refractivity contribution in [1.29, 1.82) is 0 Å². The summed E-state index contributed by atoms with van der Waals surface area (Å²) in [6.45, 7) is 1.93. The first-order valence-corrected chi connectivity index (χ1v) is 10.3. The number of carboxylic acids is 1. The molecule has 156 valence electrons. The van der Waals surface area contributed by atoms with Gasteiger partial charge in [0.2, 0.25) is 0 Å². The molecule has 0 aliphatic heterocycles. The largest absolute Gasteiger partial charge is 0.493 e. The van der Waals surface area contributed by atoms with Crippen LogP contribution < -0.4 is 20.1 Å². The number of amides is 2. The molecule has 0 saturated heterocycles. The standard InChI is InChI=1S/C19H23N3O6S/c1-13-11-16(8-9-17(13)28-10-4-7-18(23)24)29(26,27)22-15-6-3-5-14(12-15)21-19(25)20-2/h3,5-6,8-9,11-12,22H,4,7,10H2,1-2H3,(H,23,24)(H2,20,21,25). The molecule has 2 aromatic rings. The maximum Gasteiger partial charge on any atom is 0.318 e. The Morgan fingerprint density at radius 3 is 2.48 bits per heavy atom. The third-order valence-electron chi connectivity index (χ3n) is 3.85. The molecule has 0 atom stereocenters. The zero-order chi connectivity index (χ0) is 21.4. The fourth-order valence-electron chi connectivity index (χ4n) is 2.42. The van der Waals surface area contributed by atoms with Gasteiger partial charge in [0.25, 0.3) is 10.0 Å². The summed E-state index contributed by atoms with van der Waals surface area (Å²) in [4.78, 5) is 22.0. The molecular formula is C19H23N3O6S. The number of anilines is 2. The highest BCUT2D eigenvalue weighted by Gasteiger charge is 2.16. The molecule has 10 heteroatoms. The summed E-state index contributed by atoms with van der Waals surface area (Å²) in [6, 6.07) is 10.3. The molecule has 2 aromatic carbocycles. The van der Waals surface area contributed by atoms with Gasteiger partial charge in [0.15, 0.2) is 0 Å². The van der Waals surface area contributed by atoms with E-state index in [9.17, 15) is 18.0 Å². The Hall–Kier alpha value is -3.27. The van der Waals surface area contributed by atoms with Crippen LogP contribution in [0, 0.1) is 6.92 Å². The zero-order valence-electron chi connectivity index (χ0n) is 16.1. The van der Waals surface area contributed by atoms with Gasteiger partial charge in [-0.3, -0.25) is 9.52 Å². The minimum atomic E-state index is -3.85. The lowest BCUT2D eigenvalue weighted by atomic mass is 10.2. The Morgan fingerprint density at radius 1 is 1.10 bits per heavy atom. The van der Waals surface area contributed by atoms with Crippen LogP contribution in [0.2, 0.25) is 0 Å². The number of hydrogen-bond donors (Lipinski definition) is 4. The van der Waals surface area contributed by atoms with Gasteiger partial charge in [0, 0.05) is 19.2 Å². The van der Waals surface area contributed by atoms with Crippen LogP contribution in [0.25, 0.3) is 0 Å². The number of ether oxygens (including phenoxy) is 1. The van der Waals surface area contributed by atoms with Crippen LogP contribution in [0.3, 0.4) is 0 Å². The van der Waals surface area contributed by atoms with Gasteiger partial charge in [-0.1, -0.05) is 6.07 Å². The number of nitrogens with one attached hydrogen (secondary N) is 3. The van der Waals surface area contributed by atoms with Crippen molar-refractivity contribution >= 4 is 33.4 Å². The molecule has 0 radical (unpaired) electrons. The molecule has 0 saturated carbocycles. The molecule has 2 rings (SSSR count). The maximum absolute atomic E-state index is 12.7. The average Bonchev–Trinajstić information content (AvgIpc) is 2.65. The van der Waals surface area contributed by atoms with Gasteiger partial charge in [0.1, 0.15) is 5.75 Å². The number of sulfonamides is 1. The van der Waals surface area contributed by atoms with E-state index in [0.29, 0.717) is 29.1 Å². The topological polar surface area (TPSA) is 134 Å². The Labute approximate surface area is 169 Å². The summed E-state index contributed by atoms with van der Waals surface area (Å²) in [5.41, 5.74) is 1.34. The van der Waals surface area contributed by atoms with Crippen molar-refractivity contribution in [3.8, 4) is 5.75 Å². The predicted octanol–water partition coefficient (Wildman–Crippen LogP) is 2.79. The number of aliphatic carboxylic acids is 1. The van der Waals surface area contributed by atoms with Crippen LogP contribution in [-0.2, 0) is 14.8 Å². The summed E-state index contributed by atoms with van der Waals surface area (Å²) >= 11 is 0. The first-order valence-electron chi connectivity index (χ1n) is 8.78.